The Bertz CT molecular complexity index is 1970. The molecule has 8 bridgehead atoms. The quantitative estimate of drug-likeness (QED) is 0.226. The number of hydrogen-bond donors (Lipinski definition) is 2. The molecule has 0 saturated heterocycles. The van der Waals surface area contributed by atoms with Crippen molar-refractivity contribution in [1.82, 2.24) is 5.32 Å². The molecule has 13 heteroatoms. The summed E-state index contributed by atoms with van der Waals surface area (Å²) < 4.78 is 20.0. The topological polar surface area (TPSA) is 175 Å². The Balaban J connectivity index is 1.83. The number of hydrogen-bond acceptors (Lipinski definition) is 13. The van der Waals surface area contributed by atoms with E-state index < -0.39 is 29.3 Å². The molecule has 5 aliphatic rings. The summed E-state index contributed by atoms with van der Waals surface area (Å²) in [6.45, 7) is 7.61. The number of methoxy groups -OCH3 is 4. The average molecular weight is 699 g/mol. The number of esters is 4. The van der Waals surface area contributed by atoms with Crippen molar-refractivity contribution < 1.29 is 43.2 Å². The van der Waals surface area contributed by atoms with Gasteiger partial charge in [0, 0.05) is 18.5 Å². The van der Waals surface area contributed by atoms with Gasteiger partial charge in [-0.3, -0.25) is 19.2 Å². The molecule has 0 fully saturated rings. The molecular weight excluding hydrogens is 656 g/mol. The van der Waals surface area contributed by atoms with Crippen LogP contribution >= 0.6 is 0 Å². The van der Waals surface area contributed by atoms with Crippen LogP contribution in [0.1, 0.15) is 66.2 Å². The Morgan fingerprint density at radius 1 is 0.627 bits per heavy atom. The van der Waals surface area contributed by atoms with Crippen molar-refractivity contribution in [3.8, 4) is 0 Å². The molecule has 0 aliphatic carbocycles. The zero-order chi connectivity index (χ0) is 37.2. The highest BCUT2D eigenvalue weighted by atomic mass is 16.5. The lowest BCUT2D eigenvalue weighted by Crippen LogP contribution is -2.20. The molecule has 0 aromatic heterocycles. The molecule has 51 heavy (non-hydrogen) atoms. The van der Waals surface area contributed by atoms with Gasteiger partial charge in [0.1, 0.15) is 5.76 Å². The van der Waals surface area contributed by atoms with Crippen LogP contribution in [-0.4, -0.2) is 74.6 Å². The second kappa shape index (κ2) is 14.7. The first kappa shape index (κ1) is 36.7. The van der Waals surface area contributed by atoms with E-state index in [2.05, 4.69) is 5.32 Å². The normalized spacial score (nSPS) is 19.1. The van der Waals surface area contributed by atoms with Gasteiger partial charge in [0.05, 0.1) is 86.6 Å². The first-order chi connectivity index (χ1) is 24.2. The summed E-state index contributed by atoms with van der Waals surface area (Å²) in [4.78, 5) is 65.3. The van der Waals surface area contributed by atoms with Gasteiger partial charge >= 0.3 is 23.9 Å². The molecule has 0 radical (unpaired) electrons. The van der Waals surface area contributed by atoms with Gasteiger partial charge in [0.25, 0.3) is 0 Å². The molecule has 0 amide bonds. The van der Waals surface area contributed by atoms with E-state index in [1.807, 2.05) is 27.7 Å². The van der Waals surface area contributed by atoms with E-state index in [1.54, 1.807) is 24.3 Å². The minimum atomic E-state index is -0.868. The highest BCUT2D eigenvalue weighted by Crippen LogP contribution is 2.43. The lowest BCUT2D eigenvalue weighted by Gasteiger charge is -2.20. The summed E-state index contributed by atoms with van der Waals surface area (Å²) in [5.41, 5.74) is 7.23. The number of carbonyl (C=O) groups excluding carboxylic acids is 4. The molecule has 0 atom stereocenters. The summed E-state index contributed by atoms with van der Waals surface area (Å²) in [6.07, 6.45) is 7.16. The maximum atomic E-state index is 12.8. The number of nitrogens with one attached hydrogen (secondary N) is 1. The van der Waals surface area contributed by atoms with E-state index in [0.29, 0.717) is 67.9 Å². The average Bonchev–Trinajstić information content (AvgIpc) is 3.75. The number of carbonyl (C=O) groups is 4. The summed E-state index contributed by atoms with van der Waals surface area (Å²) in [5.74, 6) is -1.81. The molecule has 5 heterocycles. The largest absolute Gasteiger partial charge is 0.509 e. The van der Waals surface area contributed by atoms with E-state index in [4.69, 9.17) is 33.9 Å². The maximum absolute atomic E-state index is 12.8. The van der Waals surface area contributed by atoms with E-state index >= 15 is 0 Å². The minimum Gasteiger partial charge on any atom is -0.509 e. The molecule has 5 rings (SSSR count). The van der Waals surface area contributed by atoms with Gasteiger partial charge in [-0.05, 0) is 98.3 Å². The molecule has 13 nitrogen and oxygen atoms in total. The minimum absolute atomic E-state index is 0.00192. The van der Waals surface area contributed by atoms with Crippen LogP contribution in [0.4, 0.5) is 0 Å². The third-order valence-electron chi connectivity index (χ3n) is 9.63. The predicted octanol–water partition coefficient (Wildman–Crippen LogP) is 5.26. The first-order valence-electron chi connectivity index (χ1n) is 16.5. The van der Waals surface area contributed by atoms with Gasteiger partial charge in [-0.15, -0.1) is 0 Å². The van der Waals surface area contributed by atoms with Crippen LogP contribution in [0, 0.1) is 5.41 Å². The van der Waals surface area contributed by atoms with E-state index in [9.17, 15) is 24.3 Å². The van der Waals surface area contributed by atoms with Crippen LogP contribution in [0.2, 0.25) is 0 Å². The van der Waals surface area contributed by atoms with E-state index in [-0.39, 0.29) is 44.3 Å². The number of aliphatic imine (C=N–C) groups is 3. The highest BCUT2D eigenvalue weighted by molar-refractivity contribution is 6.19. The Morgan fingerprint density at radius 3 is 1.71 bits per heavy atom. The monoisotopic (exact) mass is 698 g/mol. The molecule has 268 valence electrons. The van der Waals surface area contributed by atoms with Gasteiger partial charge in [-0.2, -0.15) is 0 Å². The van der Waals surface area contributed by atoms with E-state index in [1.165, 1.54) is 28.4 Å². The number of fused-ring (bicyclic) bond motifs is 5. The number of rotatable bonds is 10. The summed E-state index contributed by atoms with van der Waals surface area (Å²) in [6, 6.07) is 0. The first-order valence-corrected chi connectivity index (χ1v) is 16.5. The molecule has 2 N–H and O–H groups in total. The number of nitrogens with zero attached hydrogens (tertiary/aromatic N) is 3. The number of allylic oxidation sites excluding steroid dienone is 9. The fourth-order valence-corrected chi connectivity index (χ4v) is 6.31. The zero-order valence-electron chi connectivity index (χ0n) is 30.1. The second-order valence-corrected chi connectivity index (χ2v) is 13.0. The van der Waals surface area contributed by atoms with Crippen LogP contribution < -0.4 is 5.32 Å². The summed E-state index contributed by atoms with van der Waals surface area (Å²) in [5, 5.41) is 14.8. The van der Waals surface area contributed by atoms with Crippen LogP contribution in [0.25, 0.3) is 0 Å². The molecule has 0 aromatic rings. The predicted molar refractivity (Wildman–Crippen MR) is 189 cm³/mol. The van der Waals surface area contributed by atoms with Gasteiger partial charge in [-0.1, -0.05) is 0 Å². The van der Waals surface area contributed by atoms with Crippen LogP contribution in [0.3, 0.4) is 0 Å². The molecular formula is C38H42N4O9. The SMILES string of the molecule is COC(=O)CCC1=C(CC(=O)OC)C2=NC1=CC1=NC(=CC3=NC(=CC4=C(O)C(C)(C)C(=C2)N4)C(C)=C3C)C(CC(=O)OC)=C1CCC(=O)OC. The standard InChI is InChI=1S/C38H42N4O9/c1-19-20(2)26-16-31-37(47)38(3,4)32(42-31)18-30-24(14-36(46)51-8)22(10-12-34(44)49-6)28(41-30)17-27-21(9-11-33(43)48-5)23(13-35(45)50-7)29(40-27)15-25(19)39-26/h15-18,42,47H,9-14H2,1-8H3. The van der Waals surface area contributed by atoms with Crippen molar-refractivity contribution >= 4 is 41.0 Å². The van der Waals surface area contributed by atoms with Crippen molar-refractivity contribution in [2.24, 2.45) is 20.4 Å². The van der Waals surface area contributed by atoms with Crippen molar-refractivity contribution in [2.75, 3.05) is 28.4 Å². The number of aliphatic hydroxyl groups is 1. The smallest absolute Gasteiger partial charge is 0.310 e. The third-order valence-corrected chi connectivity index (χ3v) is 9.63. The molecule has 0 saturated carbocycles. The highest BCUT2D eigenvalue weighted by Gasteiger charge is 2.39. The Hall–Kier alpha value is -5.59. The maximum Gasteiger partial charge on any atom is 0.310 e. The van der Waals surface area contributed by atoms with Crippen LogP contribution in [0.5, 0.6) is 0 Å². The van der Waals surface area contributed by atoms with Crippen LogP contribution in [-0.2, 0) is 38.1 Å². The molecule has 0 aromatic carbocycles. The van der Waals surface area contributed by atoms with Crippen molar-refractivity contribution in [2.45, 2.75) is 66.2 Å². The zero-order valence-corrected chi connectivity index (χ0v) is 30.1. The Morgan fingerprint density at radius 2 is 1.12 bits per heavy atom. The summed E-state index contributed by atoms with van der Waals surface area (Å²) >= 11 is 0. The van der Waals surface area contributed by atoms with Crippen LogP contribution in [0.15, 0.2) is 107 Å². The van der Waals surface area contributed by atoms with Gasteiger partial charge in [0.15, 0.2) is 0 Å². The fraction of sp³-hybridized carbons (Fsp3) is 0.395. The van der Waals surface area contributed by atoms with Gasteiger partial charge < -0.3 is 29.4 Å². The Labute approximate surface area is 296 Å². The lowest BCUT2D eigenvalue weighted by molar-refractivity contribution is -0.141. The van der Waals surface area contributed by atoms with Gasteiger partial charge in [0.2, 0.25) is 0 Å². The molecule has 0 unspecified atom stereocenters. The third kappa shape index (κ3) is 7.33. The number of aliphatic hydroxyl groups excluding tert-OH is 1. The molecule has 0 spiro atoms. The van der Waals surface area contributed by atoms with Crippen molar-refractivity contribution in [3.63, 3.8) is 0 Å². The van der Waals surface area contributed by atoms with Crippen molar-refractivity contribution in [3.05, 3.63) is 92.0 Å². The Kier molecular flexibility index (Phi) is 10.6. The van der Waals surface area contributed by atoms with Crippen molar-refractivity contribution in [1.29, 1.82) is 0 Å². The summed E-state index contributed by atoms with van der Waals surface area (Å²) in [7, 11) is 5.19. The second-order valence-electron chi connectivity index (χ2n) is 13.0. The fourth-order valence-electron chi connectivity index (χ4n) is 6.31. The lowest BCUT2D eigenvalue weighted by atomic mass is 9.87. The van der Waals surface area contributed by atoms with Gasteiger partial charge in [-0.25, -0.2) is 15.0 Å². The van der Waals surface area contributed by atoms with E-state index in [0.717, 1.165) is 11.1 Å². The number of ether oxygens (including phenoxy) is 4. The molecule has 5 aliphatic heterocycles.